The maximum Gasteiger partial charge on any atom is 0.412 e. The number of hydrogen-bond donors (Lipinski definition) is 2. The quantitative estimate of drug-likeness (QED) is 0.788. The van der Waals surface area contributed by atoms with Gasteiger partial charge in [0.15, 0.2) is 0 Å². The first-order valence-corrected chi connectivity index (χ1v) is 6.41. The van der Waals surface area contributed by atoms with Crippen molar-refractivity contribution in [3.05, 3.63) is 24.3 Å². The molecule has 0 unspecified atom stereocenters. The zero-order valence-corrected chi connectivity index (χ0v) is 10.6. The molecule has 1 amide bonds. The van der Waals surface area contributed by atoms with E-state index in [1.807, 2.05) is 0 Å². The summed E-state index contributed by atoms with van der Waals surface area (Å²) in [5, 5.41) is 12.1. The molecule has 0 heterocycles. The van der Waals surface area contributed by atoms with Crippen LogP contribution in [0.1, 0.15) is 32.6 Å². The summed E-state index contributed by atoms with van der Waals surface area (Å²) >= 11 is 0. The van der Waals surface area contributed by atoms with Gasteiger partial charge in [0, 0.05) is 0 Å². The molecule has 0 bridgehead atoms. The third-order valence-electron chi connectivity index (χ3n) is 3.38. The zero-order valence-electron chi connectivity index (χ0n) is 10.6. The van der Waals surface area contributed by atoms with E-state index >= 15 is 0 Å². The number of amides is 1. The van der Waals surface area contributed by atoms with Gasteiger partial charge in [0.2, 0.25) is 0 Å². The summed E-state index contributed by atoms with van der Waals surface area (Å²) in [6.07, 6.45) is 3.58. The van der Waals surface area contributed by atoms with E-state index in [0.717, 1.165) is 31.6 Å². The second kappa shape index (κ2) is 5.76. The number of phenols is 1. The van der Waals surface area contributed by atoms with Gasteiger partial charge in [0.25, 0.3) is 0 Å². The standard InChI is InChI=1S/C14H19NO3/c1-10-6-8-11(9-7-10)18-14(17)15-12-4-2-3-5-13(12)16/h2-5,10-11,16H,6-9H2,1H3,(H,15,17). The van der Waals surface area contributed by atoms with Crippen molar-refractivity contribution < 1.29 is 14.6 Å². The van der Waals surface area contributed by atoms with E-state index in [1.54, 1.807) is 18.2 Å². The number of aromatic hydroxyl groups is 1. The number of ether oxygens (including phenoxy) is 1. The molecule has 18 heavy (non-hydrogen) atoms. The van der Waals surface area contributed by atoms with E-state index < -0.39 is 6.09 Å². The molecular weight excluding hydrogens is 230 g/mol. The Morgan fingerprint density at radius 2 is 1.94 bits per heavy atom. The summed E-state index contributed by atoms with van der Waals surface area (Å²) in [6.45, 7) is 2.22. The second-order valence-electron chi connectivity index (χ2n) is 4.93. The molecule has 0 aliphatic heterocycles. The fourth-order valence-corrected chi connectivity index (χ4v) is 2.22. The van der Waals surface area contributed by atoms with Crippen LogP contribution in [0.4, 0.5) is 10.5 Å². The van der Waals surface area contributed by atoms with Crippen LogP contribution in [0.5, 0.6) is 5.75 Å². The molecule has 1 aliphatic rings. The van der Waals surface area contributed by atoms with E-state index in [0.29, 0.717) is 5.69 Å². The first-order chi connectivity index (χ1) is 8.65. The van der Waals surface area contributed by atoms with E-state index in [4.69, 9.17) is 4.74 Å². The summed E-state index contributed by atoms with van der Waals surface area (Å²) in [5.41, 5.74) is 0.381. The van der Waals surface area contributed by atoms with Gasteiger partial charge in [-0.05, 0) is 43.7 Å². The Balaban J connectivity index is 1.84. The molecule has 1 fully saturated rings. The van der Waals surface area contributed by atoms with Crippen molar-refractivity contribution in [2.75, 3.05) is 5.32 Å². The molecule has 0 spiro atoms. The van der Waals surface area contributed by atoms with Crippen LogP contribution in [0.3, 0.4) is 0 Å². The number of benzene rings is 1. The van der Waals surface area contributed by atoms with Gasteiger partial charge in [-0.2, -0.15) is 0 Å². The van der Waals surface area contributed by atoms with Gasteiger partial charge in [-0.15, -0.1) is 0 Å². The van der Waals surface area contributed by atoms with Gasteiger partial charge in [-0.1, -0.05) is 19.1 Å². The topological polar surface area (TPSA) is 58.6 Å². The molecule has 4 heteroatoms. The lowest BCUT2D eigenvalue weighted by molar-refractivity contribution is 0.0765. The molecule has 0 radical (unpaired) electrons. The van der Waals surface area contributed by atoms with Crippen LogP contribution in [-0.2, 0) is 4.74 Å². The van der Waals surface area contributed by atoms with E-state index in [9.17, 15) is 9.90 Å². The van der Waals surface area contributed by atoms with Gasteiger partial charge in [-0.3, -0.25) is 5.32 Å². The van der Waals surface area contributed by atoms with Crippen molar-refractivity contribution in [1.82, 2.24) is 0 Å². The van der Waals surface area contributed by atoms with Crippen LogP contribution in [0.25, 0.3) is 0 Å². The maximum absolute atomic E-state index is 11.7. The van der Waals surface area contributed by atoms with Gasteiger partial charge in [0.1, 0.15) is 11.9 Å². The average Bonchev–Trinajstić information content (AvgIpc) is 2.35. The van der Waals surface area contributed by atoms with Crippen LogP contribution in [0.15, 0.2) is 24.3 Å². The zero-order chi connectivity index (χ0) is 13.0. The fraction of sp³-hybridized carbons (Fsp3) is 0.500. The number of carbonyl (C=O) groups is 1. The monoisotopic (exact) mass is 249 g/mol. The van der Waals surface area contributed by atoms with Crippen molar-refractivity contribution in [3.8, 4) is 5.75 Å². The third kappa shape index (κ3) is 3.39. The lowest BCUT2D eigenvalue weighted by Crippen LogP contribution is -2.26. The van der Waals surface area contributed by atoms with E-state index in [2.05, 4.69) is 12.2 Å². The predicted octanol–water partition coefficient (Wildman–Crippen LogP) is 3.52. The van der Waals surface area contributed by atoms with Crippen molar-refractivity contribution in [3.63, 3.8) is 0 Å². The molecule has 4 nitrogen and oxygen atoms in total. The first-order valence-electron chi connectivity index (χ1n) is 6.41. The highest BCUT2D eigenvalue weighted by Gasteiger charge is 2.21. The average molecular weight is 249 g/mol. The number of para-hydroxylation sites is 2. The Labute approximate surface area is 107 Å². The number of nitrogens with one attached hydrogen (secondary N) is 1. The minimum atomic E-state index is -0.490. The highest BCUT2D eigenvalue weighted by Crippen LogP contribution is 2.26. The number of rotatable bonds is 2. The van der Waals surface area contributed by atoms with Gasteiger partial charge >= 0.3 is 6.09 Å². The van der Waals surface area contributed by atoms with Crippen molar-refractivity contribution in [1.29, 1.82) is 0 Å². The highest BCUT2D eigenvalue weighted by molar-refractivity contribution is 5.86. The molecule has 2 N–H and O–H groups in total. The molecular formula is C14H19NO3. The number of anilines is 1. The normalized spacial score (nSPS) is 23.4. The lowest BCUT2D eigenvalue weighted by atomic mass is 9.89. The largest absolute Gasteiger partial charge is 0.506 e. The van der Waals surface area contributed by atoms with Gasteiger partial charge < -0.3 is 9.84 Å². The molecule has 98 valence electrons. The molecule has 1 aromatic rings. The smallest absolute Gasteiger partial charge is 0.412 e. The van der Waals surface area contributed by atoms with Crippen LogP contribution >= 0.6 is 0 Å². The Hall–Kier alpha value is -1.71. The predicted molar refractivity (Wildman–Crippen MR) is 69.6 cm³/mol. The summed E-state index contributed by atoms with van der Waals surface area (Å²) in [5.74, 6) is 0.776. The van der Waals surface area contributed by atoms with Crippen LogP contribution < -0.4 is 5.32 Å². The van der Waals surface area contributed by atoms with Crippen molar-refractivity contribution in [2.24, 2.45) is 5.92 Å². The summed E-state index contributed by atoms with van der Waals surface area (Å²) < 4.78 is 5.34. The molecule has 1 aliphatic carbocycles. The number of hydrogen-bond acceptors (Lipinski definition) is 3. The minimum Gasteiger partial charge on any atom is -0.506 e. The minimum absolute atomic E-state index is 0.00653. The molecule has 1 saturated carbocycles. The van der Waals surface area contributed by atoms with Crippen LogP contribution in [0.2, 0.25) is 0 Å². The summed E-state index contributed by atoms with van der Waals surface area (Å²) in [4.78, 5) is 11.7. The van der Waals surface area contributed by atoms with E-state index in [1.165, 1.54) is 6.07 Å². The van der Waals surface area contributed by atoms with Crippen LogP contribution in [0, 0.1) is 5.92 Å². The Morgan fingerprint density at radius 3 is 2.61 bits per heavy atom. The molecule has 1 aromatic carbocycles. The van der Waals surface area contributed by atoms with Gasteiger partial charge in [0.05, 0.1) is 5.69 Å². The van der Waals surface area contributed by atoms with E-state index in [-0.39, 0.29) is 11.9 Å². The summed E-state index contributed by atoms with van der Waals surface area (Å²) in [7, 11) is 0. The maximum atomic E-state index is 11.7. The van der Waals surface area contributed by atoms with Crippen molar-refractivity contribution >= 4 is 11.8 Å². The van der Waals surface area contributed by atoms with Gasteiger partial charge in [-0.25, -0.2) is 4.79 Å². The Morgan fingerprint density at radius 1 is 1.28 bits per heavy atom. The second-order valence-corrected chi connectivity index (χ2v) is 4.93. The number of carbonyl (C=O) groups excluding carboxylic acids is 1. The molecule has 0 atom stereocenters. The summed E-state index contributed by atoms with van der Waals surface area (Å²) in [6, 6.07) is 6.61. The first kappa shape index (κ1) is 12.7. The van der Waals surface area contributed by atoms with Crippen molar-refractivity contribution in [2.45, 2.75) is 38.7 Å². The molecule has 0 saturated heterocycles. The third-order valence-corrected chi connectivity index (χ3v) is 3.38. The fourth-order valence-electron chi connectivity index (χ4n) is 2.22. The highest BCUT2D eigenvalue weighted by atomic mass is 16.6. The van der Waals surface area contributed by atoms with Crippen LogP contribution in [-0.4, -0.2) is 17.3 Å². The molecule has 0 aromatic heterocycles. The Bertz CT molecular complexity index is 411. The Kier molecular flexibility index (Phi) is 4.07. The SMILES string of the molecule is CC1CCC(OC(=O)Nc2ccccc2O)CC1. The molecule has 2 rings (SSSR count). The number of phenolic OH excluding ortho intramolecular Hbond substituents is 1. The lowest BCUT2D eigenvalue weighted by Gasteiger charge is -2.26.